The molecular weight excluding hydrogens is 396 g/mol. The monoisotopic (exact) mass is 416 g/mol. The summed E-state index contributed by atoms with van der Waals surface area (Å²) in [7, 11) is -3.49. The van der Waals surface area contributed by atoms with Gasteiger partial charge in [0.2, 0.25) is 10.0 Å². The van der Waals surface area contributed by atoms with Crippen LogP contribution in [0.15, 0.2) is 69.6 Å². The molecule has 4 rings (SSSR count). The largest absolute Gasteiger partial charge is 0.379 e. The van der Waals surface area contributed by atoms with Gasteiger partial charge in [-0.05, 0) is 29.8 Å². The molecule has 0 bridgehead atoms. The van der Waals surface area contributed by atoms with Gasteiger partial charge in [-0.1, -0.05) is 42.1 Å². The van der Waals surface area contributed by atoms with Gasteiger partial charge in [0.15, 0.2) is 5.17 Å². The highest BCUT2D eigenvalue weighted by molar-refractivity contribution is 8.14. The van der Waals surface area contributed by atoms with E-state index in [0.717, 1.165) is 17.0 Å². The molecule has 2 aromatic carbocycles. The number of nitrogens with zero attached hydrogens (tertiary/aromatic N) is 3. The van der Waals surface area contributed by atoms with E-state index in [1.165, 1.54) is 4.31 Å². The van der Waals surface area contributed by atoms with Crippen LogP contribution in [0.3, 0.4) is 0 Å². The molecule has 2 heterocycles. The molecular formula is C19H20N4O3S2. The lowest BCUT2D eigenvalue weighted by Gasteiger charge is -2.26. The number of ether oxygens (including phenoxy) is 1. The summed E-state index contributed by atoms with van der Waals surface area (Å²) in [6, 6.07) is 16.6. The summed E-state index contributed by atoms with van der Waals surface area (Å²) < 4.78 is 32.0. The van der Waals surface area contributed by atoms with E-state index in [1.807, 2.05) is 30.3 Å². The predicted octanol–water partition coefficient (Wildman–Crippen LogP) is 2.44. The number of morpholine rings is 1. The Hall–Kier alpha value is -2.20. The second-order valence-electron chi connectivity index (χ2n) is 6.25. The highest BCUT2D eigenvalue weighted by Crippen LogP contribution is 2.22. The van der Waals surface area contributed by atoms with E-state index in [0.29, 0.717) is 37.2 Å². The standard InChI is InChI=1S/C19H20N4O3S2/c24-28(25,23-10-12-26-13-11-23)17-8-6-16(7-9-17)20-19-22-21-18(14-27-19)15-4-2-1-3-5-15/h1-9H,10-14H2,(H,20,22). The van der Waals surface area contributed by atoms with Crippen molar-refractivity contribution in [2.24, 2.45) is 10.1 Å². The Morgan fingerprint density at radius 2 is 1.75 bits per heavy atom. The van der Waals surface area contributed by atoms with Crippen LogP contribution in [-0.2, 0) is 14.8 Å². The van der Waals surface area contributed by atoms with Crippen molar-refractivity contribution < 1.29 is 13.2 Å². The van der Waals surface area contributed by atoms with Crippen LogP contribution in [0.4, 0.5) is 5.69 Å². The molecule has 7 nitrogen and oxygen atoms in total. The van der Waals surface area contributed by atoms with Crippen LogP contribution < -0.4 is 5.43 Å². The SMILES string of the molecule is O=S(=O)(c1ccc(N=C2NN=C(c3ccccc3)CS2)cc1)N1CCOCC1. The average Bonchev–Trinajstić information content (AvgIpc) is 2.76. The van der Waals surface area contributed by atoms with Crippen LogP contribution in [0.25, 0.3) is 0 Å². The number of thioether (sulfide) groups is 1. The number of benzene rings is 2. The molecule has 2 aromatic rings. The molecule has 28 heavy (non-hydrogen) atoms. The van der Waals surface area contributed by atoms with Crippen LogP contribution >= 0.6 is 11.8 Å². The van der Waals surface area contributed by atoms with Gasteiger partial charge in [-0.15, -0.1) is 0 Å². The lowest BCUT2D eigenvalue weighted by molar-refractivity contribution is 0.0730. The van der Waals surface area contributed by atoms with E-state index in [9.17, 15) is 8.42 Å². The summed E-state index contributed by atoms with van der Waals surface area (Å²) in [6.45, 7) is 1.63. The summed E-state index contributed by atoms with van der Waals surface area (Å²) >= 11 is 1.56. The molecule has 146 valence electrons. The first kappa shape index (κ1) is 19.1. The average molecular weight is 417 g/mol. The maximum absolute atomic E-state index is 12.7. The van der Waals surface area contributed by atoms with Crippen LogP contribution in [0.1, 0.15) is 5.56 Å². The van der Waals surface area contributed by atoms with Crippen molar-refractivity contribution in [2.75, 3.05) is 32.1 Å². The lowest BCUT2D eigenvalue weighted by atomic mass is 10.1. The molecule has 0 aliphatic carbocycles. The molecule has 2 aliphatic rings. The van der Waals surface area contributed by atoms with Gasteiger partial charge in [0.25, 0.3) is 0 Å². The number of aliphatic imine (C=N–C) groups is 1. The summed E-state index contributed by atoms with van der Waals surface area (Å²) in [4.78, 5) is 4.79. The summed E-state index contributed by atoms with van der Waals surface area (Å²) in [5.41, 5.74) is 5.70. The molecule has 0 radical (unpaired) electrons. The van der Waals surface area contributed by atoms with Crippen LogP contribution in [0.2, 0.25) is 0 Å². The fraction of sp³-hybridized carbons (Fsp3) is 0.263. The molecule has 1 fully saturated rings. The molecule has 0 spiro atoms. The Morgan fingerprint density at radius 3 is 2.39 bits per heavy atom. The molecule has 0 unspecified atom stereocenters. The fourth-order valence-corrected chi connectivity index (χ4v) is 5.09. The number of rotatable bonds is 4. The van der Waals surface area contributed by atoms with E-state index in [4.69, 9.17) is 4.74 Å². The Balaban J connectivity index is 1.45. The van der Waals surface area contributed by atoms with Crippen molar-refractivity contribution in [2.45, 2.75) is 4.90 Å². The maximum atomic E-state index is 12.7. The summed E-state index contributed by atoms with van der Waals surface area (Å²) in [5, 5.41) is 5.08. The Bertz CT molecular complexity index is 984. The molecule has 1 saturated heterocycles. The van der Waals surface area contributed by atoms with E-state index in [-0.39, 0.29) is 4.90 Å². The van der Waals surface area contributed by atoms with Crippen molar-refractivity contribution in [3.05, 3.63) is 60.2 Å². The Kier molecular flexibility index (Phi) is 5.77. The maximum Gasteiger partial charge on any atom is 0.243 e. The molecule has 1 N–H and O–H groups in total. The van der Waals surface area contributed by atoms with Crippen molar-refractivity contribution in [1.82, 2.24) is 9.73 Å². The number of amidine groups is 1. The highest BCUT2D eigenvalue weighted by atomic mass is 32.2. The minimum absolute atomic E-state index is 0.270. The van der Waals surface area contributed by atoms with Gasteiger partial charge in [0.05, 0.1) is 29.5 Å². The van der Waals surface area contributed by atoms with Crippen LogP contribution in [0, 0.1) is 0 Å². The molecule has 0 atom stereocenters. The first-order chi connectivity index (χ1) is 13.6. The number of hydrogen-bond acceptors (Lipinski definition) is 6. The number of nitrogens with one attached hydrogen (secondary N) is 1. The third kappa shape index (κ3) is 4.27. The molecule has 9 heteroatoms. The van der Waals surface area contributed by atoms with Gasteiger partial charge in [-0.3, -0.25) is 5.43 Å². The zero-order valence-electron chi connectivity index (χ0n) is 15.1. The van der Waals surface area contributed by atoms with Gasteiger partial charge in [0, 0.05) is 18.8 Å². The predicted molar refractivity (Wildman–Crippen MR) is 112 cm³/mol. The lowest BCUT2D eigenvalue weighted by Crippen LogP contribution is -2.40. The minimum Gasteiger partial charge on any atom is -0.379 e. The van der Waals surface area contributed by atoms with Gasteiger partial charge in [-0.25, -0.2) is 13.4 Å². The van der Waals surface area contributed by atoms with E-state index in [1.54, 1.807) is 36.0 Å². The van der Waals surface area contributed by atoms with Crippen molar-refractivity contribution in [1.29, 1.82) is 0 Å². The zero-order chi connectivity index (χ0) is 19.4. The first-order valence-electron chi connectivity index (χ1n) is 8.90. The third-order valence-corrected chi connectivity index (χ3v) is 7.20. The first-order valence-corrected chi connectivity index (χ1v) is 11.3. The second kappa shape index (κ2) is 8.44. The number of hydrogen-bond donors (Lipinski definition) is 1. The Labute approximate surface area is 168 Å². The van der Waals surface area contributed by atoms with Gasteiger partial charge in [-0.2, -0.15) is 9.41 Å². The number of hydrazone groups is 1. The minimum atomic E-state index is -3.49. The zero-order valence-corrected chi connectivity index (χ0v) is 16.7. The molecule has 0 amide bonds. The highest BCUT2D eigenvalue weighted by Gasteiger charge is 2.26. The van der Waals surface area contributed by atoms with Crippen molar-refractivity contribution in [3.63, 3.8) is 0 Å². The normalized spacial score (nSPS) is 19.9. The second-order valence-corrected chi connectivity index (χ2v) is 9.15. The summed E-state index contributed by atoms with van der Waals surface area (Å²) in [5.74, 6) is 0.722. The molecule has 0 saturated carbocycles. The van der Waals surface area contributed by atoms with Gasteiger partial charge < -0.3 is 4.74 Å². The van der Waals surface area contributed by atoms with Crippen LogP contribution in [-0.4, -0.2) is 55.7 Å². The molecule has 2 aliphatic heterocycles. The number of sulfonamides is 1. The van der Waals surface area contributed by atoms with Crippen molar-refractivity contribution >= 4 is 38.4 Å². The molecule has 0 aromatic heterocycles. The topological polar surface area (TPSA) is 83.4 Å². The smallest absolute Gasteiger partial charge is 0.243 e. The fourth-order valence-electron chi connectivity index (χ4n) is 2.90. The van der Waals surface area contributed by atoms with E-state index in [2.05, 4.69) is 15.5 Å². The Morgan fingerprint density at radius 1 is 1.04 bits per heavy atom. The van der Waals surface area contributed by atoms with Crippen LogP contribution in [0.5, 0.6) is 0 Å². The van der Waals surface area contributed by atoms with Crippen molar-refractivity contribution in [3.8, 4) is 0 Å². The van der Waals surface area contributed by atoms with Gasteiger partial charge in [0.1, 0.15) is 0 Å². The van der Waals surface area contributed by atoms with E-state index < -0.39 is 10.0 Å². The third-order valence-electron chi connectivity index (χ3n) is 4.41. The quantitative estimate of drug-likeness (QED) is 0.828. The summed E-state index contributed by atoms with van der Waals surface area (Å²) in [6.07, 6.45) is 0. The van der Waals surface area contributed by atoms with E-state index >= 15 is 0 Å². The van der Waals surface area contributed by atoms with Gasteiger partial charge >= 0.3 is 0 Å².